The third-order valence-electron chi connectivity index (χ3n) is 7.69. The van der Waals surface area contributed by atoms with Gasteiger partial charge in [-0.2, -0.15) is 0 Å². The quantitative estimate of drug-likeness (QED) is 0.155. The number of halogens is 1. The van der Waals surface area contributed by atoms with Gasteiger partial charge in [-0.1, -0.05) is 103 Å². The molecule has 7 nitrogen and oxygen atoms in total. The Kier molecular flexibility index (Phi) is 11.8. The number of nitrogens with one attached hydrogen (secondary N) is 1. The lowest BCUT2D eigenvalue weighted by atomic mass is 10.0. The van der Waals surface area contributed by atoms with E-state index in [4.69, 9.17) is 11.6 Å². The first-order chi connectivity index (χ1) is 21.6. The molecule has 0 aromatic heterocycles. The largest absolute Gasteiger partial charge is 0.354 e. The molecule has 2 amide bonds. The molecular weight excluding hydrogens is 606 g/mol. The Morgan fingerprint density at radius 1 is 0.867 bits per heavy atom. The number of rotatable bonds is 14. The predicted octanol–water partition coefficient (Wildman–Crippen LogP) is 6.71. The molecule has 45 heavy (non-hydrogen) atoms. The Morgan fingerprint density at radius 2 is 1.56 bits per heavy atom. The van der Waals surface area contributed by atoms with E-state index in [1.54, 1.807) is 30.3 Å². The minimum atomic E-state index is -4.19. The van der Waals surface area contributed by atoms with Crippen LogP contribution >= 0.6 is 11.6 Å². The van der Waals surface area contributed by atoms with Crippen molar-refractivity contribution in [1.29, 1.82) is 0 Å². The molecule has 0 saturated carbocycles. The number of anilines is 1. The van der Waals surface area contributed by atoms with Gasteiger partial charge >= 0.3 is 0 Å². The monoisotopic (exact) mass is 645 g/mol. The van der Waals surface area contributed by atoms with Gasteiger partial charge in [-0.05, 0) is 67.3 Å². The molecule has 0 heterocycles. The van der Waals surface area contributed by atoms with Crippen LogP contribution in [0.2, 0.25) is 5.02 Å². The summed E-state index contributed by atoms with van der Waals surface area (Å²) in [4.78, 5) is 29.9. The van der Waals surface area contributed by atoms with Crippen LogP contribution in [-0.4, -0.2) is 44.3 Å². The summed E-state index contributed by atoms with van der Waals surface area (Å²) in [6, 6.07) is 29.2. The van der Waals surface area contributed by atoms with Gasteiger partial charge in [-0.15, -0.1) is 0 Å². The Balaban J connectivity index is 1.80. The van der Waals surface area contributed by atoms with Crippen molar-refractivity contribution in [2.75, 3.05) is 17.4 Å². The van der Waals surface area contributed by atoms with Gasteiger partial charge in [0.15, 0.2) is 0 Å². The van der Waals surface area contributed by atoms with Crippen LogP contribution in [-0.2, 0) is 32.6 Å². The Bertz CT molecular complexity index is 1700. The highest BCUT2D eigenvalue weighted by Crippen LogP contribution is 2.27. The number of hydrogen-bond acceptors (Lipinski definition) is 4. The maximum atomic E-state index is 14.5. The highest BCUT2D eigenvalue weighted by molar-refractivity contribution is 7.92. The second-order valence-electron chi connectivity index (χ2n) is 11.1. The van der Waals surface area contributed by atoms with E-state index in [1.165, 1.54) is 23.1 Å². The normalized spacial score (nSPS) is 11.9. The standard InChI is InChI=1S/C36H40ClN3O4S/c1-4-5-22-38-36(42)34(23-29-13-7-6-8-14-29)39(25-30-15-10-9-12-28(30)3)35(41)26-40(32-17-11-16-31(37)24-32)45(43,44)33-20-18-27(2)19-21-33/h6-21,24,34H,4-5,22-23,25-26H2,1-3H3,(H,38,42). The summed E-state index contributed by atoms with van der Waals surface area (Å²) in [5.74, 6) is -0.801. The van der Waals surface area contributed by atoms with Gasteiger partial charge in [-0.25, -0.2) is 8.42 Å². The van der Waals surface area contributed by atoms with Gasteiger partial charge in [0.2, 0.25) is 11.8 Å². The van der Waals surface area contributed by atoms with Crippen molar-refractivity contribution in [2.45, 2.75) is 57.5 Å². The number of carbonyl (C=O) groups is 2. The van der Waals surface area contributed by atoms with Gasteiger partial charge in [0.25, 0.3) is 10.0 Å². The molecule has 0 radical (unpaired) electrons. The molecule has 4 rings (SSSR count). The van der Waals surface area contributed by atoms with Crippen LogP contribution in [0.4, 0.5) is 5.69 Å². The number of hydrogen-bond donors (Lipinski definition) is 1. The summed E-state index contributed by atoms with van der Waals surface area (Å²) in [5, 5.41) is 3.34. The van der Waals surface area contributed by atoms with Crippen LogP contribution in [0.3, 0.4) is 0 Å². The zero-order valence-electron chi connectivity index (χ0n) is 25.9. The lowest BCUT2D eigenvalue weighted by molar-refractivity contribution is -0.140. The molecule has 1 atom stereocenters. The molecule has 4 aromatic carbocycles. The molecule has 1 N–H and O–H groups in total. The van der Waals surface area contributed by atoms with Crippen molar-refractivity contribution in [2.24, 2.45) is 0 Å². The summed E-state index contributed by atoms with van der Waals surface area (Å²) in [6.07, 6.45) is 1.96. The van der Waals surface area contributed by atoms with Gasteiger partial charge < -0.3 is 10.2 Å². The Hall–Kier alpha value is -4.14. The Labute approximate surface area is 271 Å². The van der Waals surface area contributed by atoms with Crippen molar-refractivity contribution in [3.05, 3.63) is 130 Å². The zero-order chi connectivity index (χ0) is 32.4. The zero-order valence-corrected chi connectivity index (χ0v) is 27.5. The van der Waals surface area contributed by atoms with Crippen molar-refractivity contribution in [1.82, 2.24) is 10.2 Å². The number of amides is 2. The summed E-state index contributed by atoms with van der Waals surface area (Å²) in [6.45, 7) is 5.93. The summed E-state index contributed by atoms with van der Waals surface area (Å²) < 4.78 is 29.3. The lowest BCUT2D eigenvalue weighted by Gasteiger charge is -2.34. The summed E-state index contributed by atoms with van der Waals surface area (Å²) in [5.41, 5.74) is 3.86. The number of benzene rings is 4. The van der Waals surface area contributed by atoms with Gasteiger partial charge in [0, 0.05) is 24.5 Å². The minimum Gasteiger partial charge on any atom is -0.354 e. The third kappa shape index (κ3) is 8.96. The lowest BCUT2D eigenvalue weighted by Crippen LogP contribution is -2.53. The fraction of sp³-hybridized carbons (Fsp3) is 0.278. The first-order valence-corrected chi connectivity index (χ1v) is 16.9. The van der Waals surface area contributed by atoms with E-state index in [0.717, 1.165) is 39.4 Å². The molecule has 236 valence electrons. The fourth-order valence-corrected chi connectivity index (χ4v) is 6.62. The molecule has 0 aliphatic heterocycles. The molecule has 4 aromatic rings. The van der Waals surface area contributed by atoms with Gasteiger partial charge in [0.05, 0.1) is 10.6 Å². The maximum absolute atomic E-state index is 14.5. The van der Waals surface area contributed by atoms with Crippen molar-refractivity contribution in [3.63, 3.8) is 0 Å². The number of unbranched alkanes of at least 4 members (excludes halogenated alkanes) is 1. The maximum Gasteiger partial charge on any atom is 0.264 e. The van der Waals surface area contributed by atoms with Crippen LogP contribution in [0.1, 0.15) is 42.0 Å². The minimum absolute atomic E-state index is 0.0458. The van der Waals surface area contributed by atoms with E-state index in [9.17, 15) is 18.0 Å². The number of aryl methyl sites for hydroxylation is 2. The fourth-order valence-electron chi connectivity index (χ4n) is 5.03. The van der Waals surface area contributed by atoms with Gasteiger partial charge in [-0.3, -0.25) is 13.9 Å². The molecule has 0 bridgehead atoms. The van der Waals surface area contributed by atoms with Crippen molar-refractivity contribution < 1.29 is 18.0 Å². The number of sulfonamides is 1. The molecule has 0 saturated heterocycles. The third-order valence-corrected chi connectivity index (χ3v) is 9.71. The average molecular weight is 646 g/mol. The first kappa shape index (κ1) is 33.7. The smallest absolute Gasteiger partial charge is 0.264 e. The summed E-state index contributed by atoms with van der Waals surface area (Å²) in [7, 11) is -4.19. The van der Waals surface area contributed by atoms with Crippen LogP contribution < -0.4 is 9.62 Å². The molecule has 0 aliphatic rings. The molecule has 9 heteroatoms. The number of carbonyl (C=O) groups excluding carboxylic acids is 2. The first-order valence-electron chi connectivity index (χ1n) is 15.1. The second kappa shape index (κ2) is 15.7. The average Bonchev–Trinajstić information content (AvgIpc) is 3.03. The highest BCUT2D eigenvalue weighted by Gasteiger charge is 2.34. The summed E-state index contributed by atoms with van der Waals surface area (Å²) >= 11 is 6.30. The second-order valence-corrected chi connectivity index (χ2v) is 13.4. The predicted molar refractivity (Wildman–Crippen MR) is 181 cm³/mol. The SMILES string of the molecule is CCCCNC(=O)C(Cc1ccccc1)N(Cc1ccccc1C)C(=O)CN(c1cccc(Cl)c1)S(=O)(=O)c1ccc(C)cc1. The van der Waals surface area contributed by atoms with E-state index in [-0.39, 0.29) is 29.5 Å². The van der Waals surface area contributed by atoms with Crippen molar-refractivity contribution in [3.8, 4) is 0 Å². The molecular formula is C36H40ClN3O4S. The number of nitrogens with zero attached hydrogens (tertiary/aromatic N) is 2. The molecule has 0 spiro atoms. The van der Waals surface area contributed by atoms with E-state index < -0.39 is 28.5 Å². The van der Waals surface area contributed by atoms with Crippen molar-refractivity contribution >= 4 is 39.1 Å². The Morgan fingerprint density at radius 3 is 2.22 bits per heavy atom. The molecule has 0 aliphatic carbocycles. The van der Waals surface area contributed by atoms with E-state index in [0.29, 0.717) is 11.6 Å². The van der Waals surface area contributed by atoms with E-state index >= 15 is 0 Å². The van der Waals surface area contributed by atoms with E-state index in [1.807, 2.05) is 75.4 Å². The van der Waals surface area contributed by atoms with Crippen LogP contribution in [0, 0.1) is 13.8 Å². The highest BCUT2D eigenvalue weighted by atomic mass is 35.5. The van der Waals surface area contributed by atoms with E-state index in [2.05, 4.69) is 5.32 Å². The van der Waals surface area contributed by atoms with Crippen LogP contribution in [0.25, 0.3) is 0 Å². The van der Waals surface area contributed by atoms with Crippen LogP contribution in [0.5, 0.6) is 0 Å². The molecule has 1 unspecified atom stereocenters. The molecule has 0 fully saturated rings. The topological polar surface area (TPSA) is 86.8 Å². The van der Waals surface area contributed by atoms with Crippen LogP contribution in [0.15, 0.2) is 108 Å². The van der Waals surface area contributed by atoms with Gasteiger partial charge in [0.1, 0.15) is 12.6 Å².